The van der Waals surface area contributed by atoms with E-state index in [-0.39, 0.29) is 0 Å². The highest BCUT2D eigenvalue weighted by Crippen LogP contribution is 2.33. The molecule has 0 aliphatic heterocycles. The number of nitrogens with two attached hydrogens (primary N) is 1. The summed E-state index contributed by atoms with van der Waals surface area (Å²) < 4.78 is 1.29. The number of anilines is 3. The van der Waals surface area contributed by atoms with Gasteiger partial charge < -0.3 is 11.1 Å². The van der Waals surface area contributed by atoms with Crippen molar-refractivity contribution in [3.8, 4) is 0 Å². The molecule has 114 valence electrons. The van der Waals surface area contributed by atoms with E-state index in [1.807, 2.05) is 41.8 Å². The minimum atomic E-state index is 0.757. The maximum Gasteiger partial charge on any atom is 0.0729 e. The maximum absolute atomic E-state index is 5.92. The van der Waals surface area contributed by atoms with Crippen molar-refractivity contribution < 1.29 is 0 Å². The highest BCUT2D eigenvalue weighted by molar-refractivity contribution is 7.19. The van der Waals surface area contributed by atoms with Crippen molar-refractivity contribution in [1.29, 1.82) is 0 Å². The van der Waals surface area contributed by atoms with Crippen LogP contribution in [0.1, 0.15) is 10.4 Å². The Balaban J connectivity index is 1.89. The summed E-state index contributed by atoms with van der Waals surface area (Å²) in [4.78, 5) is 5.84. The van der Waals surface area contributed by atoms with E-state index in [0.717, 1.165) is 33.5 Å². The van der Waals surface area contributed by atoms with Gasteiger partial charge in [0.2, 0.25) is 0 Å². The fourth-order valence-corrected chi connectivity index (χ4v) is 3.79. The number of fused-ring (bicyclic) bond motifs is 2. The van der Waals surface area contributed by atoms with Gasteiger partial charge in [-0.2, -0.15) is 0 Å². The Morgan fingerprint density at radius 3 is 2.74 bits per heavy atom. The Bertz CT molecular complexity index is 1030. The molecule has 0 saturated heterocycles. The number of nitrogens with one attached hydrogen (secondary N) is 1. The standard InChI is InChI=1S/C19H17N3S/c1-11-3-4-14(20)9-17(11)22-16-5-6-21-18-8-13-7-12(2)23-19(13)10-15(16)18/h3-10H,20H2,1-2H3,(H,21,22). The molecule has 0 aliphatic rings. The molecule has 0 bridgehead atoms. The molecule has 2 heterocycles. The Kier molecular flexibility index (Phi) is 3.20. The molecule has 2 aromatic heterocycles. The van der Waals surface area contributed by atoms with Crippen molar-refractivity contribution in [3.63, 3.8) is 0 Å². The molecule has 0 unspecified atom stereocenters. The zero-order valence-corrected chi connectivity index (χ0v) is 13.9. The minimum Gasteiger partial charge on any atom is -0.399 e. The highest BCUT2D eigenvalue weighted by Gasteiger charge is 2.08. The van der Waals surface area contributed by atoms with Crippen LogP contribution in [0, 0.1) is 13.8 Å². The molecule has 2 aromatic carbocycles. The molecule has 23 heavy (non-hydrogen) atoms. The first kappa shape index (κ1) is 14.0. The molecule has 4 aromatic rings. The summed E-state index contributed by atoms with van der Waals surface area (Å²) in [6.07, 6.45) is 1.84. The molecular formula is C19H17N3S. The molecule has 0 saturated carbocycles. The van der Waals surface area contributed by atoms with E-state index in [1.165, 1.54) is 15.0 Å². The van der Waals surface area contributed by atoms with Crippen LogP contribution in [-0.4, -0.2) is 4.98 Å². The Labute approximate surface area is 138 Å². The minimum absolute atomic E-state index is 0.757. The lowest BCUT2D eigenvalue weighted by Crippen LogP contribution is -1.96. The lowest BCUT2D eigenvalue weighted by molar-refractivity contribution is 1.40. The van der Waals surface area contributed by atoms with Gasteiger partial charge in [0.05, 0.1) is 5.52 Å². The third kappa shape index (κ3) is 2.51. The van der Waals surface area contributed by atoms with Crippen LogP contribution < -0.4 is 11.1 Å². The summed E-state index contributed by atoms with van der Waals surface area (Å²) in [6, 6.07) is 14.5. The smallest absolute Gasteiger partial charge is 0.0729 e. The number of aryl methyl sites for hydroxylation is 2. The normalized spacial score (nSPS) is 11.2. The van der Waals surface area contributed by atoms with Crippen molar-refractivity contribution in [2.75, 3.05) is 11.1 Å². The van der Waals surface area contributed by atoms with Gasteiger partial charge in [0.1, 0.15) is 0 Å². The number of hydrogen-bond donors (Lipinski definition) is 2. The first-order chi connectivity index (χ1) is 11.1. The van der Waals surface area contributed by atoms with Gasteiger partial charge >= 0.3 is 0 Å². The molecule has 0 amide bonds. The van der Waals surface area contributed by atoms with E-state index >= 15 is 0 Å². The van der Waals surface area contributed by atoms with Crippen molar-refractivity contribution in [2.45, 2.75) is 13.8 Å². The van der Waals surface area contributed by atoms with Gasteiger partial charge in [0, 0.05) is 38.2 Å². The average Bonchev–Trinajstić information content (AvgIpc) is 2.88. The molecule has 4 rings (SSSR count). The van der Waals surface area contributed by atoms with E-state index < -0.39 is 0 Å². The first-order valence-corrected chi connectivity index (χ1v) is 8.34. The number of aromatic nitrogens is 1. The second kappa shape index (κ2) is 5.25. The van der Waals surface area contributed by atoms with Crippen LogP contribution in [0.3, 0.4) is 0 Å². The SMILES string of the molecule is Cc1cc2cc3nccc(Nc4cc(N)ccc4C)c3cc2s1. The van der Waals surface area contributed by atoms with Crippen molar-refractivity contribution in [2.24, 2.45) is 0 Å². The predicted octanol–water partition coefficient (Wildman–Crippen LogP) is 5.39. The Morgan fingerprint density at radius 1 is 1.00 bits per heavy atom. The van der Waals surface area contributed by atoms with Crippen LogP contribution in [0.15, 0.2) is 48.7 Å². The van der Waals surface area contributed by atoms with Gasteiger partial charge in [0.15, 0.2) is 0 Å². The van der Waals surface area contributed by atoms with Gasteiger partial charge in [-0.05, 0) is 61.2 Å². The molecule has 0 spiro atoms. The zero-order valence-electron chi connectivity index (χ0n) is 13.1. The van der Waals surface area contributed by atoms with Crippen LogP contribution >= 0.6 is 11.3 Å². The first-order valence-electron chi connectivity index (χ1n) is 7.52. The number of nitrogens with zero attached hydrogens (tertiary/aromatic N) is 1. The number of benzene rings is 2. The summed E-state index contributed by atoms with van der Waals surface area (Å²) in [5.41, 5.74) is 10.9. The largest absolute Gasteiger partial charge is 0.399 e. The molecule has 3 nitrogen and oxygen atoms in total. The summed E-state index contributed by atoms with van der Waals surface area (Å²) in [7, 11) is 0. The van der Waals surface area contributed by atoms with Crippen LogP contribution in [0.2, 0.25) is 0 Å². The number of pyridine rings is 1. The maximum atomic E-state index is 5.92. The number of thiophene rings is 1. The number of rotatable bonds is 2. The van der Waals surface area contributed by atoms with E-state index in [0.29, 0.717) is 0 Å². The van der Waals surface area contributed by atoms with Crippen molar-refractivity contribution >= 4 is 49.4 Å². The summed E-state index contributed by atoms with van der Waals surface area (Å²) >= 11 is 1.81. The predicted molar refractivity (Wildman–Crippen MR) is 101 cm³/mol. The molecule has 0 atom stereocenters. The zero-order chi connectivity index (χ0) is 16.0. The summed E-state index contributed by atoms with van der Waals surface area (Å²) in [5.74, 6) is 0. The second-order valence-electron chi connectivity index (χ2n) is 5.82. The summed E-state index contributed by atoms with van der Waals surface area (Å²) in [5, 5.41) is 5.89. The fourth-order valence-electron chi connectivity index (χ4n) is 2.84. The lowest BCUT2D eigenvalue weighted by atomic mass is 10.1. The van der Waals surface area contributed by atoms with Gasteiger partial charge in [-0.15, -0.1) is 11.3 Å². The second-order valence-corrected chi connectivity index (χ2v) is 7.11. The lowest BCUT2D eigenvalue weighted by Gasteiger charge is -2.12. The van der Waals surface area contributed by atoms with E-state index in [1.54, 1.807) is 0 Å². The van der Waals surface area contributed by atoms with Gasteiger partial charge in [-0.3, -0.25) is 4.98 Å². The van der Waals surface area contributed by atoms with Crippen molar-refractivity contribution in [1.82, 2.24) is 4.98 Å². The molecule has 4 heteroatoms. The Hall–Kier alpha value is -2.59. The Morgan fingerprint density at radius 2 is 1.87 bits per heavy atom. The quantitative estimate of drug-likeness (QED) is 0.487. The van der Waals surface area contributed by atoms with Gasteiger partial charge in [0.25, 0.3) is 0 Å². The number of hydrogen-bond acceptors (Lipinski definition) is 4. The topological polar surface area (TPSA) is 50.9 Å². The van der Waals surface area contributed by atoms with E-state index in [2.05, 4.69) is 42.3 Å². The third-order valence-corrected chi connectivity index (χ3v) is 5.05. The molecule has 3 N–H and O–H groups in total. The third-order valence-electron chi connectivity index (χ3n) is 4.03. The van der Waals surface area contributed by atoms with Crippen LogP contribution in [0.25, 0.3) is 21.0 Å². The monoisotopic (exact) mass is 319 g/mol. The molecule has 0 aliphatic carbocycles. The van der Waals surface area contributed by atoms with Gasteiger partial charge in [-0.25, -0.2) is 0 Å². The summed E-state index contributed by atoms with van der Waals surface area (Å²) in [6.45, 7) is 4.21. The molecule has 0 fully saturated rings. The van der Waals surface area contributed by atoms with Crippen LogP contribution in [0.4, 0.5) is 17.1 Å². The fraction of sp³-hybridized carbons (Fsp3) is 0.105. The van der Waals surface area contributed by atoms with E-state index in [4.69, 9.17) is 5.73 Å². The van der Waals surface area contributed by atoms with Crippen LogP contribution in [-0.2, 0) is 0 Å². The molecular weight excluding hydrogens is 302 g/mol. The highest BCUT2D eigenvalue weighted by atomic mass is 32.1. The van der Waals surface area contributed by atoms with Crippen molar-refractivity contribution in [3.05, 3.63) is 59.1 Å². The van der Waals surface area contributed by atoms with Crippen LogP contribution in [0.5, 0.6) is 0 Å². The molecule has 0 radical (unpaired) electrons. The van der Waals surface area contributed by atoms with E-state index in [9.17, 15) is 0 Å². The average molecular weight is 319 g/mol. The number of nitrogen functional groups attached to an aromatic ring is 1. The van der Waals surface area contributed by atoms with Gasteiger partial charge in [-0.1, -0.05) is 6.07 Å².